The standard InChI is InChI=1S/C18H36O2.3C6H5.2H3O4P.3Zn/c1-2-3-4-5-6-7-8-9-10-11-12-13-14-15-16-17-18(19)20;3*1-2-4-6-5-3-1;2*1-5(2,3)4;;;/h2-17H2,1H3,(H,19,20);3*1-5H;2*(H3,1,2,3,4);;;/q;3*-1;;;3*+2/p-6. The average molecular weight is 902 g/mol. The third-order valence-corrected chi connectivity index (χ3v) is 5.82. The summed E-state index contributed by atoms with van der Waals surface area (Å²) < 4.78 is 17.1. The Morgan fingerprint density at radius 3 is 0.784 bits per heavy atom. The smallest absolute Gasteiger partial charge is 0.822 e. The second kappa shape index (κ2) is 49.2. The van der Waals surface area contributed by atoms with Gasteiger partial charge < -0.3 is 43.6 Å². The molecule has 0 bridgehead atoms. The van der Waals surface area contributed by atoms with Gasteiger partial charge in [-0.15, -0.1) is 0 Å². The first kappa shape index (κ1) is 62.2. The van der Waals surface area contributed by atoms with Crippen LogP contribution in [0.25, 0.3) is 0 Å². The number of carboxylic acids is 1. The molecule has 0 aliphatic carbocycles. The second-order valence-electron chi connectivity index (χ2n) is 10.2. The van der Waals surface area contributed by atoms with Crippen LogP contribution < -0.4 is 29.4 Å². The number of carboxylic acid groups (broad SMARTS) is 1. The maximum Gasteiger partial charge on any atom is 2.00 e. The van der Waals surface area contributed by atoms with E-state index in [1.54, 1.807) is 0 Å². The molecule has 51 heavy (non-hydrogen) atoms. The Balaban J connectivity index is -0.000000134. The van der Waals surface area contributed by atoms with Crippen molar-refractivity contribution < 1.29 is 107 Å². The molecule has 0 unspecified atom stereocenters. The van der Waals surface area contributed by atoms with Gasteiger partial charge in [-0.2, -0.15) is 125 Å². The molecule has 0 fully saturated rings. The zero-order valence-electron chi connectivity index (χ0n) is 30.1. The van der Waals surface area contributed by atoms with Crippen LogP contribution in [0, 0.1) is 18.2 Å². The Morgan fingerprint density at radius 1 is 0.451 bits per heavy atom. The molecule has 0 saturated heterocycles. The molecule has 274 valence electrons. The van der Waals surface area contributed by atoms with Crippen molar-refractivity contribution in [2.24, 2.45) is 0 Å². The van der Waals surface area contributed by atoms with Gasteiger partial charge in [0, 0.05) is 6.42 Å². The van der Waals surface area contributed by atoms with Crippen molar-refractivity contribution in [3.63, 3.8) is 0 Å². The molecule has 10 nitrogen and oxygen atoms in total. The third kappa shape index (κ3) is 93.7. The SMILES string of the molecule is CCCCCCCCCCCCCCCCCC(=O)O.O=P([O-])([O-])[O-].O=P([O-])([O-])[O-].[Zn+2].[Zn+2].[Zn+2].[c-]1ccccc1.[c-]1ccccc1.[c-]1ccccc1. The maximum atomic E-state index is 10.3. The van der Waals surface area contributed by atoms with Gasteiger partial charge in [0.25, 0.3) is 0 Å². The van der Waals surface area contributed by atoms with Gasteiger partial charge in [0.05, 0.1) is 0 Å². The summed E-state index contributed by atoms with van der Waals surface area (Å²) in [6, 6.07) is 37.5. The molecule has 3 aromatic rings. The average Bonchev–Trinajstić information content (AvgIpc) is 3.05. The number of aliphatic carboxylic acids is 1. The number of benzene rings is 3. The molecule has 15 heteroatoms. The Morgan fingerprint density at radius 2 is 0.647 bits per heavy atom. The van der Waals surface area contributed by atoms with E-state index in [-0.39, 0.29) is 58.4 Å². The van der Waals surface area contributed by atoms with E-state index in [4.69, 9.17) is 43.6 Å². The van der Waals surface area contributed by atoms with E-state index in [9.17, 15) is 4.79 Å². The fourth-order valence-corrected chi connectivity index (χ4v) is 3.67. The summed E-state index contributed by atoms with van der Waals surface area (Å²) in [5, 5.41) is 8.52. The van der Waals surface area contributed by atoms with Gasteiger partial charge in [0.1, 0.15) is 0 Å². The first-order valence-electron chi connectivity index (χ1n) is 16.2. The quantitative estimate of drug-likeness (QED) is 0.0867. The van der Waals surface area contributed by atoms with Crippen molar-refractivity contribution in [3.05, 3.63) is 109 Å². The van der Waals surface area contributed by atoms with Gasteiger partial charge in [-0.05, 0) is 6.42 Å². The molecule has 0 spiro atoms. The van der Waals surface area contributed by atoms with Crippen molar-refractivity contribution in [2.75, 3.05) is 0 Å². The van der Waals surface area contributed by atoms with Crippen molar-refractivity contribution in [1.82, 2.24) is 0 Å². The fourth-order valence-electron chi connectivity index (χ4n) is 3.67. The van der Waals surface area contributed by atoms with Crippen LogP contribution in [0.15, 0.2) is 91.0 Å². The predicted octanol–water partition coefficient (Wildman–Crippen LogP) is 5.14. The summed E-state index contributed by atoms with van der Waals surface area (Å²) in [5.74, 6) is -0.653. The molecular formula is C36H51O10P2Zn3-3. The van der Waals surface area contributed by atoms with E-state index in [0.29, 0.717) is 6.42 Å². The number of phosphoric acid groups is 2. The first-order chi connectivity index (χ1) is 22.8. The second-order valence-corrected chi connectivity index (χ2v) is 12.0. The molecule has 0 aliphatic rings. The third-order valence-electron chi connectivity index (χ3n) is 5.82. The molecule has 0 heterocycles. The van der Waals surface area contributed by atoms with Crippen LogP contribution in [0.2, 0.25) is 0 Å². The van der Waals surface area contributed by atoms with Gasteiger partial charge in [0.2, 0.25) is 0 Å². The van der Waals surface area contributed by atoms with Crippen LogP contribution in [-0.4, -0.2) is 11.1 Å². The summed E-state index contributed by atoms with van der Waals surface area (Å²) in [6.07, 6.45) is 20.2. The number of unbranched alkanes of at least 4 members (excludes halogenated alkanes) is 14. The van der Waals surface area contributed by atoms with Crippen molar-refractivity contribution in [2.45, 2.75) is 110 Å². The van der Waals surface area contributed by atoms with Crippen LogP contribution in [0.3, 0.4) is 0 Å². The van der Waals surface area contributed by atoms with Crippen LogP contribution in [0.5, 0.6) is 0 Å². The fraction of sp³-hybridized carbons (Fsp3) is 0.472. The monoisotopic (exact) mass is 897 g/mol. The molecule has 0 amide bonds. The van der Waals surface area contributed by atoms with E-state index >= 15 is 0 Å². The van der Waals surface area contributed by atoms with Crippen molar-refractivity contribution in [3.8, 4) is 0 Å². The normalized spacial score (nSPS) is 9.39. The van der Waals surface area contributed by atoms with Crippen molar-refractivity contribution >= 4 is 21.6 Å². The topological polar surface area (TPSA) is 210 Å². The van der Waals surface area contributed by atoms with Crippen molar-refractivity contribution in [1.29, 1.82) is 0 Å². The number of hydrogen-bond donors (Lipinski definition) is 1. The van der Waals surface area contributed by atoms with E-state index in [0.717, 1.165) is 12.8 Å². The summed E-state index contributed by atoms with van der Waals surface area (Å²) >= 11 is 0. The number of hydrogen-bond acceptors (Lipinski definition) is 9. The van der Waals surface area contributed by atoms with E-state index < -0.39 is 21.6 Å². The zero-order valence-corrected chi connectivity index (χ0v) is 40.8. The largest absolute Gasteiger partial charge is 2.00 e. The Hall–Kier alpha value is -0.780. The van der Waals surface area contributed by atoms with Crippen LogP contribution in [-0.2, 0) is 72.4 Å². The summed E-state index contributed by atoms with van der Waals surface area (Å²) in [5.41, 5.74) is 0. The van der Waals surface area contributed by atoms with Gasteiger partial charge in [0.15, 0.2) is 0 Å². The minimum atomic E-state index is -5.39. The molecule has 1 N–H and O–H groups in total. The van der Waals surface area contributed by atoms with E-state index in [1.807, 2.05) is 91.0 Å². The van der Waals surface area contributed by atoms with Gasteiger partial charge in [-0.3, -0.25) is 4.79 Å². The first-order valence-corrected chi connectivity index (χ1v) is 19.1. The molecule has 3 aromatic carbocycles. The molecule has 0 saturated carbocycles. The molecule has 0 atom stereocenters. The van der Waals surface area contributed by atoms with Crippen LogP contribution >= 0.6 is 15.6 Å². The van der Waals surface area contributed by atoms with Crippen LogP contribution in [0.1, 0.15) is 110 Å². The molecule has 0 aliphatic heterocycles. The Labute approximate surface area is 345 Å². The minimum Gasteiger partial charge on any atom is -0.822 e. The molecule has 3 rings (SSSR count). The minimum absolute atomic E-state index is 0. The molecule has 0 aromatic heterocycles. The van der Waals surface area contributed by atoms with E-state index in [2.05, 4.69) is 25.1 Å². The zero-order chi connectivity index (χ0) is 36.6. The summed E-state index contributed by atoms with van der Waals surface area (Å²) in [6.45, 7) is 2.27. The number of carbonyl (C=O) groups is 1. The maximum absolute atomic E-state index is 10.3. The number of rotatable bonds is 16. The Bertz CT molecular complexity index is 920. The van der Waals surface area contributed by atoms with Crippen LogP contribution in [0.4, 0.5) is 0 Å². The predicted molar refractivity (Wildman–Crippen MR) is 178 cm³/mol. The van der Waals surface area contributed by atoms with Gasteiger partial charge in [-0.1, -0.05) is 96.8 Å². The summed E-state index contributed by atoms with van der Waals surface area (Å²) in [7, 11) is -10.8. The van der Waals surface area contributed by atoms with Gasteiger partial charge in [-0.25, -0.2) is 0 Å². The van der Waals surface area contributed by atoms with Gasteiger partial charge >= 0.3 is 64.4 Å². The summed E-state index contributed by atoms with van der Waals surface area (Å²) in [4.78, 5) is 61.6. The molecular weight excluding hydrogens is 851 g/mol. The molecule has 0 radical (unpaired) electrons. The Kier molecular flexibility index (Phi) is 60.0. The van der Waals surface area contributed by atoms with E-state index in [1.165, 1.54) is 83.5 Å².